The molecule has 0 aromatic rings. The highest BCUT2D eigenvalue weighted by Gasteiger charge is 2.49. The maximum Gasteiger partial charge on any atom is 0.306 e. The second-order valence-electron chi connectivity index (χ2n) is 12.7. The zero-order valence-electron chi connectivity index (χ0n) is 24.6. The summed E-state index contributed by atoms with van der Waals surface area (Å²) in [5.41, 5.74) is -0.539. The van der Waals surface area contributed by atoms with Gasteiger partial charge in [-0.3, -0.25) is 24.0 Å². The standard InChI is InChI=1S/C29H49N3O6/c1-17(2)24(30-22(34)14-9-10-15-23(35)38-29(6,7)8)27(36)31-25(18(3)4)28(37)32-16-20-12-11-13-21(20)26(32)19(5)33/h17-18,20-21,24-26H,9-16H2,1-8H3,(H,30,34)(H,31,36)/t20-,21-,24-,25-,26+/m0/s1. The number of likely N-dealkylation sites (tertiary alicyclic amines) is 1. The Balaban J connectivity index is 1.96. The van der Waals surface area contributed by atoms with Gasteiger partial charge in [0.25, 0.3) is 0 Å². The van der Waals surface area contributed by atoms with Crippen LogP contribution in [0.25, 0.3) is 0 Å². The van der Waals surface area contributed by atoms with Crippen molar-refractivity contribution in [3.63, 3.8) is 0 Å². The van der Waals surface area contributed by atoms with Gasteiger partial charge in [0, 0.05) is 19.4 Å². The molecule has 2 N–H and O–H groups in total. The first-order valence-corrected chi connectivity index (χ1v) is 14.2. The highest BCUT2D eigenvalue weighted by molar-refractivity contribution is 5.95. The number of carbonyl (C=O) groups excluding carboxylic acids is 5. The topological polar surface area (TPSA) is 122 Å². The van der Waals surface area contributed by atoms with Crippen molar-refractivity contribution in [2.24, 2.45) is 23.7 Å². The molecular formula is C29H49N3O6. The van der Waals surface area contributed by atoms with Crippen LogP contribution in [-0.4, -0.2) is 64.6 Å². The Bertz CT molecular complexity index is 878. The van der Waals surface area contributed by atoms with Crippen LogP contribution in [0.3, 0.4) is 0 Å². The maximum absolute atomic E-state index is 13.6. The van der Waals surface area contributed by atoms with Crippen LogP contribution < -0.4 is 10.6 Å². The number of nitrogens with one attached hydrogen (secondary N) is 2. The van der Waals surface area contributed by atoms with Crippen molar-refractivity contribution >= 4 is 29.5 Å². The fraction of sp³-hybridized carbons (Fsp3) is 0.828. The normalized spacial score (nSPS) is 22.7. The van der Waals surface area contributed by atoms with Gasteiger partial charge >= 0.3 is 5.97 Å². The Labute approximate surface area is 228 Å². The summed E-state index contributed by atoms with van der Waals surface area (Å²) in [6.45, 7) is 15.0. The van der Waals surface area contributed by atoms with Gasteiger partial charge in [0.1, 0.15) is 17.7 Å². The average molecular weight is 536 g/mol. The number of ketones is 1. The molecule has 1 aliphatic heterocycles. The molecule has 38 heavy (non-hydrogen) atoms. The molecule has 3 amide bonds. The van der Waals surface area contributed by atoms with Gasteiger partial charge in [-0.25, -0.2) is 0 Å². The number of nitrogens with zero attached hydrogens (tertiary/aromatic N) is 1. The molecule has 2 rings (SSSR count). The molecule has 9 nitrogen and oxygen atoms in total. The number of Topliss-reactive ketones (excluding diaryl/α,β-unsaturated/α-hetero) is 1. The number of rotatable bonds is 12. The number of hydrogen-bond acceptors (Lipinski definition) is 6. The summed E-state index contributed by atoms with van der Waals surface area (Å²) in [7, 11) is 0. The minimum Gasteiger partial charge on any atom is -0.460 e. The quantitative estimate of drug-likeness (QED) is 0.292. The lowest BCUT2D eigenvalue weighted by Crippen LogP contribution is -2.58. The van der Waals surface area contributed by atoms with Gasteiger partial charge in [0.2, 0.25) is 17.7 Å². The van der Waals surface area contributed by atoms with Gasteiger partial charge in [-0.15, -0.1) is 0 Å². The first-order valence-electron chi connectivity index (χ1n) is 14.2. The Morgan fingerprint density at radius 1 is 0.895 bits per heavy atom. The van der Waals surface area contributed by atoms with Crippen LogP contribution in [0, 0.1) is 23.7 Å². The summed E-state index contributed by atoms with van der Waals surface area (Å²) in [6, 6.07) is -2.01. The number of ether oxygens (including phenoxy) is 1. The van der Waals surface area contributed by atoms with E-state index in [9.17, 15) is 24.0 Å². The largest absolute Gasteiger partial charge is 0.460 e. The van der Waals surface area contributed by atoms with E-state index < -0.39 is 29.6 Å². The second kappa shape index (κ2) is 13.6. The summed E-state index contributed by atoms with van der Waals surface area (Å²) in [6.07, 6.45) is 4.49. The van der Waals surface area contributed by atoms with E-state index in [0.717, 1.165) is 19.3 Å². The molecule has 216 valence electrons. The SMILES string of the molecule is CC(=O)[C@@H]1[C@H]2CCC[C@H]2CN1C(=O)[C@@H](NC(=O)[C@@H](NC(=O)CCCCC(=O)OC(C)(C)C)C(C)C)C(C)C. The summed E-state index contributed by atoms with van der Waals surface area (Å²) in [5.74, 6) is -1.04. The highest BCUT2D eigenvalue weighted by atomic mass is 16.6. The van der Waals surface area contributed by atoms with Crippen LogP contribution >= 0.6 is 0 Å². The lowest BCUT2D eigenvalue weighted by Gasteiger charge is -2.33. The van der Waals surface area contributed by atoms with Crippen LogP contribution in [0.4, 0.5) is 0 Å². The number of unbranched alkanes of at least 4 members (excludes halogenated alkanes) is 1. The number of esters is 1. The minimum absolute atomic E-state index is 0.000529. The molecule has 0 bridgehead atoms. The lowest BCUT2D eigenvalue weighted by molar-refractivity contribution is -0.155. The molecule has 0 radical (unpaired) electrons. The van der Waals surface area contributed by atoms with E-state index in [-0.39, 0.29) is 54.2 Å². The van der Waals surface area contributed by atoms with Gasteiger partial charge in [0.15, 0.2) is 5.78 Å². The van der Waals surface area contributed by atoms with E-state index in [1.165, 1.54) is 0 Å². The summed E-state index contributed by atoms with van der Waals surface area (Å²) in [4.78, 5) is 65.6. The molecule has 1 saturated heterocycles. The highest BCUT2D eigenvalue weighted by Crippen LogP contribution is 2.42. The van der Waals surface area contributed by atoms with Gasteiger partial charge in [-0.1, -0.05) is 34.1 Å². The number of carbonyl (C=O) groups is 5. The molecule has 0 aromatic carbocycles. The zero-order valence-corrected chi connectivity index (χ0v) is 24.6. The van der Waals surface area contributed by atoms with Crippen molar-refractivity contribution in [3.8, 4) is 0 Å². The van der Waals surface area contributed by atoms with Crippen molar-refractivity contribution in [1.29, 1.82) is 0 Å². The summed E-state index contributed by atoms with van der Waals surface area (Å²) >= 11 is 0. The number of amides is 3. The maximum atomic E-state index is 13.6. The molecule has 2 aliphatic rings. The summed E-state index contributed by atoms with van der Waals surface area (Å²) in [5, 5.41) is 5.70. The van der Waals surface area contributed by atoms with E-state index in [1.807, 2.05) is 48.5 Å². The van der Waals surface area contributed by atoms with E-state index in [2.05, 4.69) is 10.6 Å². The Hall–Kier alpha value is -2.45. The Morgan fingerprint density at radius 2 is 1.50 bits per heavy atom. The first-order chi connectivity index (χ1) is 17.6. The molecule has 5 atom stereocenters. The van der Waals surface area contributed by atoms with Crippen LogP contribution in [0.5, 0.6) is 0 Å². The van der Waals surface area contributed by atoms with Crippen molar-refractivity contribution in [2.45, 2.75) is 124 Å². The minimum atomic E-state index is -0.802. The number of hydrogen-bond donors (Lipinski definition) is 2. The lowest BCUT2D eigenvalue weighted by atomic mass is 9.91. The molecule has 1 saturated carbocycles. The zero-order chi connectivity index (χ0) is 28.8. The van der Waals surface area contributed by atoms with E-state index in [0.29, 0.717) is 25.3 Å². The third-order valence-electron chi connectivity index (χ3n) is 7.54. The van der Waals surface area contributed by atoms with E-state index in [4.69, 9.17) is 4.74 Å². The molecule has 0 aromatic heterocycles. The smallest absolute Gasteiger partial charge is 0.306 e. The van der Waals surface area contributed by atoms with Gasteiger partial charge in [-0.2, -0.15) is 0 Å². The number of fused-ring (bicyclic) bond motifs is 1. The second-order valence-corrected chi connectivity index (χ2v) is 12.7. The predicted octanol–water partition coefficient (Wildman–Crippen LogP) is 3.39. The van der Waals surface area contributed by atoms with Crippen molar-refractivity contribution in [3.05, 3.63) is 0 Å². The monoisotopic (exact) mass is 535 g/mol. The average Bonchev–Trinajstić information content (AvgIpc) is 3.37. The van der Waals surface area contributed by atoms with Gasteiger partial charge < -0.3 is 20.3 Å². The van der Waals surface area contributed by atoms with Crippen molar-refractivity contribution in [1.82, 2.24) is 15.5 Å². The van der Waals surface area contributed by atoms with E-state index >= 15 is 0 Å². The summed E-state index contributed by atoms with van der Waals surface area (Å²) < 4.78 is 5.28. The molecule has 1 aliphatic carbocycles. The molecule has 2 fully saturated rings. The van der Waals surface area contributed by atoms with Crippen molar-refractivity contribution < 1.29 is 28.7 Å². The first kappa shape index (κ1) is 31.8. The fourth-order valence-corrected chi connectivity index (χ4v) is 5.72. The fourth-order valence-electron chi connectivity index (χ4n) is 5.72. The molecular weight excluding hydrogens is 486 g/mol. The molecule has 1 heterocycles. The van der Waals surface area contributed by atoms with Gasteiger partial charge in [0.05, 0.1) is 6.04 Å². The van der Waals surface area contributed by atoms with Gasteiger partial charge in [-0.05, 0) is 77.0 Å². The van der Waals surface area contributed by atoms with E-state index in [1.54, 1.807) is 11.8 Å². The third-order valence-corrected chi connectivity index (χ3v) is 7.54. The van der Waals surface area contributed by atoms with Crippen LogP contribution in [-0.2, 0) is 28.7 Å². The molecule has 0 spiro atoms. The Kier molecular flexibility index (Phi) is 11.3. The van der Waals surface area contributed by atoms with Crippen LogP contribution in [0.1, 0.15) is 100 Å². The van der Waals surface area contributed by atoms with Crippen LogP contribution in [0.15, 0.2) is 0 Å². The molecule has 0 unspecified atom stereocenters. The molecule has 9 heteroatoms. The van der Waals surface area contributed by atoms with Crippen LogP contribution in [0.2, 0.25) is 0 Å². The Morgan fingerprint density at radius 3 is 2.05 bits per heavy atom. The van der Waals surface area contributed by atoms with Crippen molar-refractivity contribution in [2.75, 3.05) is 6.54 Å². The predicted molar refractivity (Wildman–Crippen MR) is 145 cm³/mol. The third kappa shape index (κ3) is 8.80.